The first-order chi connectivity index (χ1) is 9.97. The van der Waals surface area contributed by atoms with Gasteiger partial charge in [-0.2, -0.15) is 0 Å². The van der Waals surface area contributed by atoms with Gasteiger partial charge in [0.1, 0.15) is 0 Å². The Morgan fingerprint density at radius 2 is 2.19 bits per heavy atom. The molecule has 6 nitrogen and oxygen atoms in total. The highest BCUT2D eigenvalue weighted by molar-refractivity contribution is 5.74. The molecule has 2 rings (SSSR count). The van der Waals surface area contributed by atoms with Crippen LogP contribution in [0.4, 0.5) is 4.79 Å². The summed E-state index contributed by atoms with van der Waals surface area (Å²) in [5.41, 5.74) is 0. The molecule has 0 saturated carbocycles. The SMILES string of the molecule is CC(CC(=O)O)C1CCCN(C(=O)NC2CCOC2C)C1. The summed E-state index contributed by atoms with van der Waals surface area (Å²) in [5, 5.41) is 11.9. The first-order valence-corrected chi connectivity index (χ1v) is 7.86. The van der Waals surface area contributed by atoms with Crippen LogP contribution in [0.1, 0.15) is 39.5 Å². The van der Waals surface area contributed by atoms with E-state index in [1.807, 2.05) is 18.7 Å². The molecule has 0 aliphatic carbocycles. The molecule has 21 heavy (non-hydrogen) atoms. The lowest BCUT2D eigenvalue weighted by molar-refractivity contribution is -0.138. The van der Waals surface area contributed by atoms with Gasteiger partial charge in [-0.05, 0) is 38.0 Å². The maximum Gasteiger partial charge on any atom is 0.317 e. The molecule has 0 aromatic rings. The van der Waals surface area contributed by atoms with Crippen molar-refractivity contribution in [1.29, 1.82) is 0 Å². The predicted octanol–water partition coefficient (Wildman–Crippen LogP) is 1.70. The van der Waals surface area contributed by atoms with Gasteiger partial charge in [0.25, 0.3) is 0 Å². The predicted molar refractivity (Wildman–Crippen MR) is 78.1 cm³/mol. The average Bonchev–Trinajstić information content (AvgIpc) is 2.83. The highest BCUT2D eigenvalue weighted by atomic mass is 16.5. The van der Waals surface area contributed by atoms with Crippen LogP contribution >= 0.6 is 0 Å². The maximum absolute atomic E-state index is 12.3. The minimum absolute atomic E-state index is 0.0374. The lowest BCUT2D eigenvalue weighted by Crippen LogP contribution is -2.50. The molecule has 0 aromatic heterocycles. The lowest BCUT2D eigenvalue weighted by Gasteiger charge is -2.36. The smallest absolute Gasteiger partial charge is 0.317 e. The number of carbonyl (C=O) groups excluding carboxylic acids is 1. The van der Waals surface area contributed by atoms with Crippen molar-refractivity contribution in [3.8, 4) is 0 Å². The van der Waals surface area contributed by atoms with Crippen molar-refractivity contribution in [2.75, 3.05) is 19.7 Å². The molecule has 2 aliphatic rings. The minimum Gasteiger partial charge on any atom is -0.481 e. The molecule has 4 atom stereocenters. The Labute approximate surface area is 125 Å². The number of nitrogens with zero attached hydrogens (tertiary/aromatic N) is 1. The zero-order valence-electron chi connectivity index (χ0n) is 12.9. The number of carboxylic acid groups (broad SMARTS) is 1. The summed E-state index contributed by atoms with van der Waals surface area (Å²) in [7, 11) is 0. The highest BCUT2D eigenvalue weighted by Gasteiger charge is 2.31. The number of ether oxygens (including phenoxy) is 1. The fourth-order valence-electron chi connectivity index (χ4n) is 3.27. The summed E-state index contributed by atoms with van der Waals surface area (Å²) in [6, 6.07) is 0.0545. The number of nitrogens with one attached hydrogen (secondary N) is 1. The van der Waals surface area contributed by atoms with Crippen molar-refractivity contribution in [1.82, 2.24) is 10.2 Å². The van der Waals surface area contributed by atoms with E-state index < -0.39 is 5.97 Å². The first kappa shape index (κ1) is 16.1. The number of urea groups is 1. The Kier molecular flexibility index (Phi) is 5.45. The van der Waals surface area contributed by atoms with Gasteiger partial charge in [0.05, 0.1) is 12.1 Å². The van der Waals surface area contributed by atoms with Gasteiger partial charge < -0.3 is 20.1 Å². The van der Waals surface area contributed by atoms with Gasteiger partial charge in [-0.25, -0.2) is 4.79 Å². The molecule has 0 bridgehead atoms. The van der Waals surface area contributed by atoms with E-state index in [0.29, 0.717) is 13.2 Å². The van der Waals surface area contributed by atoms with Gasteiger partial charge in [-0.15, -0.1) is 0 Å². The fourth-order valence-corrected chi connectivity index (χ4v) is 3.27. The van der Waals surface area contributed by atoms with E-state index in [2.05, 4.69) is 5.32 Å². The molecular formula is C15H26N2O4. The molecule has 2 heterocycles. The molecule has 2 aliphatic heterocycles. The summed E-state index contributed by atoms with van der Waals surface area (Å²) >= 11 is 0. The van der Waals surface area contributed by atoms with Crippen LogP contribution in [0.3, 0.4) is 0 Å². The van der Waals surface area contributed by atoms with Crippen LogP contribution in [0.2, 0.25) is 0 Å². The molecule has 120 valence electrons. The number of carbonyl (C=O) groups is 2. The second-order valence-corrected chi connectivity index (χ2v) is 6.34. The Morgan fingerprint density at radius 1 is 1.43 bits per heavy atom. The van der Waals surface area contributed by atoms with Crippen molar-refractivity contribution in [3.63, 3.8) is 0 Å². The summed E-state index contributed by atoms with van der Waals surface area (Å²) < 4.78 is 5.46. The minimum atomic E-state index is -0.763. The van der Waals surface area contributed by atoms with E-state index >= 15 is 0 Å². The number of rotatable bonds is 4. The molecule has 0 radical (unpaired) electrons. The molecule has 0 aromatic carbocycles. The van der Waals surface area contributed by atoms with Crippen LogP contribution in [0.5, 0.6) is 0 Å². The summed E-state index contributed by atoms with van der Waals surface area (Å²) in [4.78, 5) is 25.0. The van der Waals surface area contributed by atoms with Crippen LogP contribution < -0.4 is 5.32 Å². The van der Waals surface area contributed by atoms with E-state index in [0.717, 1.165) is 25.8 Å². The van der Waals surface area contributed by atoms with E-state index in [4.69, 9.17) is 9.84 Å². The number of hydrogen-bond acceptors (Lipinski definition) is 3. The molecule has 2 N–H and O–H groups in total. The molecule has 2 saturated heterocycles. The van der Waals surface area contributed by atoms with Crippen LogP contribution in [0, 0.1) is 11.8 Å². The van der Waals surface area contributed by atoms with Gasteiger partial charge in [0, 0.05) is 26.1 Å². The average molecular weight is 298 g/mol. The van der Waals surface area contributed by atoms with Gasteiger partial charge in [-0.3, -0.25) is 4.79 Å². The highest BCUT2D eigenvalue weighted by Crippen LogP contribution is 2.26. The van der Waals surface area contributed by atoms with Crippen LogP contribution in [-0.4, -0.2) is 53.8 Å². The third kappa shape index (κ3) is 4.33. The van der Waals surface area contributed by atoms with E-state index in [-0.39, 0.29) is 36.4 Å². The molecule has 0 spiro atoms. The largest absolute Gasteiger partial charge is 0.481 e. The van der Waals surface area contributed by atoms with Gasteiger partial charge in [-0.1, -0.05) is 6.92 Å². The number of aliphatic carboxylic acids is 1. The van der Waals surface area contributed by atoms with E-state index in [1.54, 1.807) is 0 Å². The molecule has 2 fully saturated rings. The molecule has 4 unspecified atom stereocenters. The summed E-state index contributed by atoms with van der Waals surface area (Å²) in [5.74, 6) is -0.384. The third-order valence-corrected chi connectivity index (χ3v) is 4.73. The summed E-state index contributed by atoms with van der Waals surface area (Å²) in [6.45, 7) is 6.05. The molecule has 2 amide bonds. The number of piperidine rings is 1. The van der Waals surface area contributed by atoms with Crippen LogP contribution in [0.15, 0.2) is 0 Å². The van der Waals surface area contributed by atoms with E-state index in [9.17, 15) is 9.59 Å². The molecular weight excluding hydrogens is 272 g/mol. The van der Waals surface area contributed by atoms with Crippen LogP contribution in [-0.2, 0) is 9.53 Å². The normalized spacial score (nSPS) is 31.0. The maximum atomic E-state index is 12.3. The van der Waals surface area contributed by atoms with Crippen molar-refractivity contribution >= 4 is 12.0 Å². The lowest BCUT2D eigenvalue weighted by atomic mass is 9.85. The number of hydrogen-bond donors (Lipinski definition) is 2. The van der Waals surface area contributed by atoms with Crippen molar-refractivity contribution in [3.05, 3.63) is 0 Å². The Hall–Kier alpha value is -1.30. The van der Waals surface area contributed by atoms with Gasteiger partial charge >= 0.3 is 12.0 Å². The third-order valence-electron chi connectivity index (χ3n) is 4.73. The summed E-state index contributed by atoms with van der Waals surface area (Å²) in [6.07, 6.45) is 3.05. The van der Waals surface area contributed by atoms with Crippen molar-refractivity contribution in [2.45, 2.75) is 51.7 Å². The first-order valence-electron chi connectivity index (χ1n) is 7.86. The van der Waals surface area contributed by atoms with Crippen molar-refractivity contribution in [2.24, 2.45) is 11.8 Å². The standard InChI is InChI=1S/C15H26N2O4/c1-10(8-14(18)19)12-4-3-6-17(9-12)15(20)16-13-5-7-21-11(13)2/h10-13H,3-9H2,1-2H3,(H,16,20)(H,18,19). The fraction of sp³-hybridized carbons (Fsp3) is 0.867. The molecule has 6 heteroatoms. The second kappa shape index (κ2) is 7.11. The zero-order chi connectivity index (χ0) is 15.4. The van der Waals surface area contributed by atoms with Gasteiger partial charge in [0.2, 0.25) is 0 Å². The Bertz CT molecular complexity index is 388. The zero-order valence-corrected chi connectivity index (χ0v) is 12.9. The second-order valence-electron chi connectivity index (χ2n) is 6.34. The topological polar surface area (TPSA) is 78.9 Å². The van der Waals surface area contributed by atoms with Crippen molar-refractivity contribution < 1.29 is 19.4 Å². The monoisotopic (exact) mass is 298 g/mol. The number of amides is 2. The number of likely N-dealkylation sites (tertiary alicyclic amines) is 1. The Morgan fingerprint density at radius 3 is 2.81 bits per heavy atom. The van der Waals surface area contributed by atoms with Crippen LogP contribution in [0.25, 0.3) is 0 Å². The van der Waals surface area contributed by atoms with E-state index in [1.165, 1.54) is 0 Å². The number of carboxylic acids is 1. The Balaban J connectivity index is 1.85. The quantitative estimate of drug-likeness (QED) is 0.828. The van der Waals surface area contributed by atoms with Gasteiger partial charge in [0.15, 0.2) is 0 Å².